The molecule has 8 heavy (non-hydrogen) atoms. The van der Waals surface area contributed by atoms with E-state index in [-0.39, 0.29) is 5.38 Å². The summed E-state index contributed by atoms with van der Waals surface area (Å²) in [7, 11) is 1.91. The average molecular weight is 136 g/mol. The van der Waals surface area contributed by atoms with Gasteiger partial charge < -0.3 is 5.32 Å². The van der Waals surface area contributed by atoms with E-state index in [2.05, 4.69) is 19.2 Å². The second-order valence-corrected chi connectivity index (χ2v) is 2.88. The van der Waals surface area contributed by atoms with Crippen LogP contribution < -0.4 is 5.32 Å². The Kier molecular flexibility index (Phi) is 4.29. The minimum Gasteiger partial charge on any atom is -0.318 e. The molecular weight excluding hydrogens is 122 g/mol. The van der Waals surface area contributed by atoms with Gasteiger partial charge in [0.25, 0.3) is 0 Å². The molecule has 2 heteroatoms. The Balaban J connectivity index is 3.17. The molecule has 0 aliphatic carbocycles. The van der Waals surface area contributed by atoms with Crippen molar-refractivity contribution in [1.29, 1.82) is 0 Å². The summed E-state index contributed by atoms with van der Waals surface area (Å²) in [6.45, 7) is 5.14. The molecule has 1 nitrogen and oxygen atoms in total. The fourth-order valence-corrected chi connectivity index (χ4v) is 0.585. The van der Waals surface area contributed by atoms with Crippen molar-refractivity contribution in [2.75, 3.05) is 13.6 Å². The Morgan fingerprint density at radius 2 is 2.00 bits per heavy atom. The zero-order valence-electron chi connectivity index (χ0n) is 5.74. The molecule has 0 bridgehead atoms. The lowest BCUT2D eigenvalue weighted by Gasteiger charge is -2.10. The van der Waals surface area contributed by atoms with Crippen molar-refractivity contribution >= 4 is 11.6 Å². The van der Waals surface area contributed by atoms with Gasteiger partial charge in [-0.15, -0.1) is 11.6 Å². The highest BCUT2D eigenvalue weighted by atomic mass is 35.5. The van der Waals surface area contributed by atoms with E-state index >= 15 is 0 Å². The summed E-state index contributed by atoms with van der Waals surface area (Å²) in [6, 6.07) is 0. The van der Waals surface area contributed by atoms with Crippen molar-refractivity contribution in [2.24, 2.45) is 5.92 Å². The second-order valence-electron chi connectivity index (χ2n) is 2.32. The molecule has 0 aromatic rings. The third-order valence-electron chi connectivity index (χ3n) is 1.12. The minimum atomic E-state index is 0.278. The molecule has 0 spiro atoms. The van der Waals surface area contributed by atoms with Crippen LogP contribution in [0.4, 0.5) is 0 Å². The van der Waals surface area contributed by atoms with Crippen LogP contribution in [0.25, 0.3) is 0 Å². The average Bonchev–Trinajstić information content (AvgIpc) is 1.67. The number of hydrogen-bond donors (Lipinski definition) is 1. The molecule has 0 aliphatic heterocycles. The molecule has 1 atom stereocenters. The molecule has 0 radical (unpaired) electrons. The summed E-state index contributed by atoms with van der Waals surface area (Å²) < 4.78 is 0. The first-order valence-corrected chi connectivity index (χ1v) is 3.40. The van der Waals surface area contributed by atoms with Gasteiger partial charge in [0, 0.05) is 11.9 Å². The zero-order valence-corrected chi connectivity index (χ0v) is 6.50. The molecule has 0 aromatic carbocycles. The predicted molar refractivity (Wildman–Crippen MR) is 38.4 cm³/mol. The largest absolute Gasteiger partial charge is 0.318 e. The first-order chi connectivity index (χ1) is 3.68. The van der Waals surface area contributed by atoms with Crippen molar-refractivity contribution in [3.8, 4) is 0 Å². The highest BCUT2D eigenvalue weighted by molar-refractivity contribution is 6.20. The van der Waals surface area contributed by atoms with Crippen LogP contribution in [0.3, 0.4) is 0 Å². The lowest BCUT2D eigenvalue weighted by molar-refractivity contribution is 0.571. The molecule has 0 rings (SSSR count). The summed E-state index contributed by atoms with van der Waals surface area (Å²) in [6.07, 6.45) is 0. The smallest absolute Gasteiger partial charge is 0.0483 e. The van der Waals surface area contributed by atoms with E-state index in [9.17, 15) is 0 Å². The normalized spacial score (nSPS) is 14.6. The van der Waals surface area contributed by atoms with E-state index in [4.69, 9.17) is 11.6 Å². The molecule has 0 saturated carbocycles. The predicted octanol–water partition coefficient (Wildman–Crippen LogP) is 1.47. The minimum absolute atomic E-state index is 0.278. The summed E-state index contributed by atoms with van der Waals surface area (Å²) in [5.74, 6) is 0.573. The fourth-order valence-electron chi connectivity index (χ4n) is 0.431. The Hall–Kier alpha value is 0.250. The Bertz CT molecular complexity index is 54.5. The SMILES string of the molecule is CNCC(Cl)C(C)C. The van der Waals surface area contributed by atoms with Gasteiger partial charge in [-0.2, -0.15) is 0 Å². The molecule has 1 N–H and O–H groups in total. The van der Waals surface area contributed by atoms with Crippen LogP contribution in [0.15, 0.2) is 0 Å². The van der Waals surface area contributed by atoms with Gasteiger partial charge in [0.05, 0.1) is 0 Å². The summed E-state index contributed by atoms with van der Waals surface area (Å²) in [5, 5.41) is 3.29. The van der Waals surface area contributed by atoms with Crippen molar-refractivity contribution in [2.45, 2.75) is 19.2 Å². The van der Waals surface area contributed by atoms with Gasteiger partial charge in [0.2, 0.25) is 0 Å². The van der Waals surface area contributed by atoms with Gasteiger partial charge in [0.1, 0.15) is 0 Å². The van der Waals surface area contributed by atoms with E-state index in [0.717, 1.165) is 6.54 Å². The Morgan fingerprint density at radius 3 is 2.12 bits per heavy atom. The van der Waals surface area contributed by atoms with Crippen LogP contribution in [0.2, 0.25) is 0 Å². The van der Waals surface area contributed by atoms with E-state index in [1.807, 2.05) is 7.05 Å². The number of alkyl halides is 1. The molecular formula is C6H14ClN. The third-order valence-corrected chi connectivity index (χ3v) is 1.78. The summed E-state index contributed by atoms with van der Waals surface area (Å²) in [4.78, 5) is 0. The molecule has 0 fully saturated rings. The quantitative estimate of drug-likeness (QED) is 0.578. The first kappa shape index (κ1) is 8.25. The van der Waals surface area contributed by atoms with E-state index in [1.54, 1.807) is 0 Å². The maximum atomic E-state index is 5.85. The van der Waals surface area contributed by atoms with E-state index in [0.29, 0.717) is 5.92 Å². The number of hydrogen-bond acceptors (Lipinski definition) is 1. The lowest BCUT2D eigenvalue weighted by atomic mass is 10.1. The van der Waals surface area contributed by atoms with Crippen LogP contribution in [0, 0.1) is 5.92 Å². The topological polar surface area (TPSA) is 12.0 Å². The van der Waals surface area contributed by atoms with Crippen molar-refractivity contribution in [1.82, 2.24) is 5.32 Å². The highest BCUT2D eigenvalue weighted by Gasteiger charge is 2.06. The van der Waals surface area contributed by atoms with Crippen molar-refractivity contribution in [3.05, 3.63) is 0 Å². The van der Waals surface area contributed by atoms with E-state index < -0.39 is 0 Å². The monoisotopic (exact) mass is 135 g/mol. The van der Waals surface area contributed by atoms with Crippen LogP contribution in [0.1, 0.15) is 13.8 Å². The zero-order chi connectivity index (χ0) is 6.57. The molecule has 0 aliphatic rings. The maximum Gasteiger partial charge on any atom is 0.0483 e. The molecule has 50 valence electrons. The first-order valence-electron chi connectivity index (χ1n) is 2.97. The van der Waals surface area contributed by atoms with Crippen LogP contribution in [-0.4, -0.2) is 19.0 Å². The lowest BCUT2D eigenvalue weighted by Crippen LogP contribution is -2.23. The fraction of sp³-hybridized carbons (Fsp3) is 1.00. The number of nitrogens with one attached hydrogen (secondary N) is 1. The van der Waals surface area contributed by atoms with Gasteiger partial charge in [-0.1, -0.05) is 13.8 Å². The van der Waals surface area contributed by atoms with Crippen LogP contribution >= 0.6 is 11.6 Å². The Labute approximate surface area is 56.4 Å². The van der Waals surface area contributed by atoms with Gasteiger partial charge >= 0.3 is 0 Å². The van der Waals surface area contributed by atoms with Gasteiger partial charge in [-0.3, -0.25) is 0 Å². The molecule has 0 aromatic heterocycles. The standard InChI is InChI=1S/C6H14ClN/c1-5(2)6(7)4-8-3/h5-6,8H,4H2,1-3H3. The maximum absolute atomic E-state index is 5.85. The summed E-state index contributed by atoms with van der Waals surface area (Å²) >= 11 is 5.85. The number of rotatable bonds is 3. The molecule has 0 saturated heterocycles. The third kappa shape index (κ3) is 3.28. The van der Waals surface area contributed by atoms with E-state index in [1.165, 1.54) is 0 Å². The molecule has 1 unspecified atom stereocenters. The second kappa shape index (κ2) is 4.16. The highest BCUT2D eigenvalue weighted by Crippen LogP contribution is 2.06. The Morgan fingerprint density at radius 1 is 1.50 bits per heavy atom. The summed E-state index contributed by atoms with van der Waals surface area (Å²) in [5.41, 5.74) is 0. The molecule has 0 heterocycles. The molecule has 0 amide bonds. The van der Waals surface area contributed by atoms with Crippen molar-refractivity contribution in [3.63, 3.8) is 0 Å². The van der Waals surface area contributed by atoms with Crippen LogP contribution in [-0.2, 0) is 0 Å². The number of halogens is 1. The van der Waals surface area contributed by atoms with Crippen LogP contribution in [0.5, 0.6) is 0 Å². The van der Waals surface area contributed by atoms with Gasteiger partial charge in [0.15, 0.2) is 0 Å². The van der Waals surface area contributed by atoms with Gasteiger partial charge in [-0.05, 0) is 13.0 Å². The van der Waals surface area contributed by atoms with Gasteiger partial charge in [-0.25, -0.2) is 0 Å². The van der Waals surface area contributed by atoms with Crippen molar-refractivity contribution < 1.29 is 0 Å².